The number of hydrogen-bond acceptors (Lipinski definition) is 4. The van der Waals surface area contributed by atoms with E-state index in [1.54, 1.807) is 10.7 Å². The molecule has 0 amide bonds. The van der Waals surface area contributed by atoms with Crippen LogP contribution in [-0.2, 0) is 20.0 Å². The van der Waals surface area contributed by atoms with Crippen molar-refractivity contribution in [1.29, 1.82) is 0 Å². The molecule has 2 fully saturated rings. The zero-order chi connectivity index (χ0) is 17.2. The first kappa shape index (κ1) is 16.5. The number of aromatic nitrogens is 4. The minimum Gasteiger partial charge on any atom is -0.303 e. The van der Waals surface area contributed by atoms with E-state index < -0.39 is 0 Å². The third-order valence-corrected chi connectivity index (χ3v) is 5.63. The fourth-order valence-corrected chi connectivity index (χ4v) is 3.75. The van der Waals surface area contributed by atoms with E-state index in [0.717, 1.165) is 51.1 Å². The third-order valence-electron chi connectivity index (χ3n) is 5.63. The number of piperidine rings is 1. The van der Waals surface area contributed by atoms with Crippen LogP contribution in [0.15, 0.2) is 29.2 Å². The normalized spacial score (nSPS) is 19.4. The summed E-state index contributed by atoms with van der Waals surface area (Å²) < 4.78 is 3.67. The molecule has 1 saturated carbocycles. The van der Waals surface area contributed by atoms with E-state index in [-0.39, 0.29) is 5.56 Å². The lowest BCUT2D eigenvalue weighted by molar-refractivity contribution is 0.170. The Morgan fingerprint density at radius 2 is 1.92 bits per heavy atom. The zero-order valence-electron chi connectivity index (χ0n) is 15.0. The second-order valence-corrected chi connectivity index (χ2v) is 7.53. The Morgan fingerprint density at radius 1 is 1.12 bits per heavy atom. The quantitative estimate of drug-likeness (QED) is 0.804. The van der Waals surface area contributed by atoms with Gasteiger partial charge in [0.1, 0.15) is 0 Å². The van der Waals surface area contributed by atoms with E-state index in [1.807, 2.05) is 24.0 Å². The second kappa shape index (κ2) is 7.12. The largest absolute Gasteiger partial charge is 0.303 e. The van der Waals surface area contributed by atoms with E-state index in [1.165, 1.54) is 18.5 Å². The van der Waals surface area contributed by atoms with Crippen LogP contribution in [-0.4, -0.2) is 44.1 Å². The molecule has 2 aromatic heterocycles. The van der Waals surface area contributed by atoms with Gasteiger partial charge in [0.05, 0.1) is 5.69 Å². The van der Waals surface area contributed by atoms with Gasteiger partial charge in [-0.25, -0.2) is 4.68 Å². The van der Waals surface area contributed by atoms with E-state index in [0.29, 0.717) is 11.8 Å². The van der Waals surface area contributed by atoms with Gasteiger partial charge in [-0.05, 0) is 56.8 Å². The summed E-state index contributed by atoms with van der Waals surface area (Å²) in [5.74, 6) is 1.16. The summed E-state index contributed by atoms with van der Waals surface area (Å²) in [6.07, 6.45) is 7.65. The molecule has 0 atom stereocenters. The predicted octanol–water partition coefficient (Wildman–Crippen LogP) is 1.81. The molecule has 3 heterocycles. The van der Waals surface area contributed by atoms with Crippen LogP contribution in [0, 0.1) is 5.92 Å². The second-order valence-electron chi connectivity index (χ2n) is 7.53. The molecule has 1 aliphatic carbocycles. The Labute approximate surface area is 148 Å². The minimum absolute atomic E-state index is 0.0445. The first-order valence-corrected chi connectivity index (χ1v) is 9.46. The lowest BCUT2D eigenvalue weighted by Crippen LogP contribution is -2.38. The van der Waals surface area contributed by atoms with Crippen molar-refractivity contribution in [2.45, 2.75) is 44.6 Å². The Hall–Kier alpha value is -1.95. The Bertz CT molecular complexity index is 768. The SMILES string of the molecule is Cn1nccc1CCN1CCC(Cn2nc(C3CC3)ccc2=O)CC1. The highest BCUT2D eigenvalue weighted by Crippen LogP contribution is 2.38. The number of likely N-dealkylation sites (tertiary alicyclic amines) is 1. The fourth-order valence-electron chi connectivity index (χ4n) is 3.75. The van der Waals surface area contributed by atoms with Gasteiger partial charge >= 0.3 is 0 Å². The first-order valence-electron chi connectivity index (χ1n) is 9.46. The summed E-state index contributed by atoms with van der Waals surface area (Å²) in [6, 6.07) is 5.71. The molecule has 1 aliphatic heterocycles. The summed E-state index contributed by atoms with van der Waals surface area (Å²) in [4.78, 5) is 14.6. The maximum atomic E-state index is 12.1. The van der Waals surface area contributed by atoms with Crippen molar-refractivity contribution < 1.29 is 0 Å². The van der Waals surface area contributed by atoms with E-state index in [2.05, 4.69) is 21.2 Å². The predicted molar refractivity (Wildman–Crippen MR) is 96.5 cm³/mol. The molecule has 6 heteroatoms. The zero-order valence-corrected chi connectivity index (χ0v) is 15.0. The van der Waals surface area contributed by atoms with Gasteiger partial charge in [-0.15, -0.1) is 0 Å². The van der Waals surface area contributed by atoms with Crippen LogP contribution in [0.4, 0.5) is 0 Å². The molecule has 0 aromatic carbocycles. The Balaban J connectivity index is 1.28. The first-order chi connectivity index (χ1) is 12.2. The van der Waals surface area contributed by atoms with Crippen molar-refractivity contribution in [3.8, 4) is 0 Å². The summed E-state index contributed by atoms with van der Waals surface area (Å²) in [6.45, 7) is 4.08. The van der Waals surface area contributed by atoms with Crippen molar-refractivity contribution in [3.05, 3.63) is 46.1 Å². The van der Waals surface area contributed by atoms with Crippen molar-refractivity contribution in [2.24, 2.45) is 13.0 Å². The minimum atomic E-state index is 0.0445. The molecular weight excluding hydrogens is 314 g/mol. The summed E-state index contributed by atoms with van der Waals surface area (Å²) in [5, 5.41) is 8.84. The Morgan fingerprint density at radius 3 is 2.60 bits per heavy atom. The van der Waals surface area contributed by atoms with Crippen LogP contribution in [0.25, 0.3) is 0 Å². The molecule has 0 N–H and O–H groups in total. The van der Waals surface area contributed by atoms with Crippen molar-refractivity contribution in [3.63, 3.8) is 0 Å². The standard InChI is InChI=1S/C19H27N5O/c1-22-17(6-10-20-22)9-13-23-11-7-15(8-12-23)14-24-19(25)5-4-18(21-24)16-2-3-16/h4-6,10,15-16H,2-3,7-9,11-14H2,1H3. The highest BCUT2D eigenvalue weighted by atomic mass is 16.1. The highest BCUT2D eigenvalue weighted by Gasteiger charge is 2.26. The van der Waals surface area contributed by atoms with Crippen LogP contribution in [0.5, 0.6) is 0 Å². The molecule has 0 unspecified atom stereocenters. The van der Waals surface area contributed by atoms with Gasteiger partial charge in [0.25, 0.3) is 5.56 Å². The molecule has 2 aliphatic rings. The smallest absolute Gasteiger partial charge is 0.266 e. The molecule has 6 nitrogen and oxygen atoms in total. The summed E-state index contributed by atoms with van der Waals surface area (Å²) in [7, 11) is 2.00. The third kappa shape index (κ3) is 4.00. The molecule has 1 saturated heterocycles. The molecule has 2 aromatic rings. The van der Waals surface area contributed by atoms with E-state index in [4.69, 9.17) is 0 Å². The molecule has 0 spiro atoms. The number of aryl methyl sites for hydroxylation is 1. The maximum Gasteiger partial charge on any atom is 0.266 e. The van der Waals surface area contributed by atoms with Crippen LogP contribution < -0.4 is 5.56 Å². The van der Waals surface area contributed by atoms with Gasteiger partial charge in [0, 0.05) is 50.4 Å². The summed E-state index contributed by atoms with van der Waals surface area (Å²) in [5.41, 5.74) is 2.44. The maximum absolute atomic E-state index is 12.1. The van der Waals surface area contributed by atoms with Crippen LogP contribution in [0.1, 0.15) is 43.0 Å². The number of rotatable bonds is 6. The van der Waals surface area contributed by atoms with Crippen LogP contribution >= 0.6 is 0 Å². The average molecular weight is 341 g/mol. The van der Waals surface area contributed by atoms with E-state index >= 15 is 0 Å². The highest BCUT2D eigenvalue weighted by molar-refractivity contribution is 5.12. The van der Waals surface area contributed by atoms with Gasteiger partial charge in [-0.1, -0.05) is 0 Å². The molecular formula is C19H27N5O. The van der Waals surface area contributed by atoms with Crippen LogP contribution in [0.3, 0.4) is 0 Å². The van der Waals surface area contributed by atoms with Crippen molar-refractivity contribution in [1.82, 2.24) is 24.5 Å². The van der Waals surface area contributed by atoms with Gasteiger partial charge in [0.15, 0.2) is 0 Å². The van der Waals surface area contributed by atoms with Crippen molar-refractivity contribution in [2.75, 3.05) is 19.6 Å². The summed E-state index contributed by atoms with van der Waals surface area (Å²) >= 11 is 0. The van der Waals surface area contributed by atoms with Crippen molar-refractivity contribution >= 4 is 0 Å². The number of hydrogen-bond donors (Lipinski definition) is 0. The number of nitrogens with zero attached hydrogens (tertiary/aromatic N) is 5. The van der Waals surface area contributed by atoms with Gasteiger partial charge in [-0.3, -0.25) is 9.48 Å². The molecule has 25 heavy (non-hydrogen) atoms. The fraction of sp³-hybridized carbons (Fsp3) is 0.632. The van der Waals surface area contributed by atoms with Crippen LogP contribution in [0.2, 0.25) is 0 Å². The monoisotopic (exact) mass is 341 g/mol. The molecule has 0 radical (unpaired) electrons. The van der Waals surface area contributed by atoms with Gasteiger partial charge < -0.3 is 4.90 Å². The lowest BCUT2D eigenvalue weighted by Gasteiger charge is -2.32. The van der Waals surface area contributed by atoms with E-state index in [9.17, 15) is 4.79 Å². The average Bonchev–Trinajstić information content (AvgIpc) is 3.39. The molecule has 4 rings (SSSR count). The lowest BCUT2D eigenvalue weighted by atomic mass is 9.96. The Kier molecular flexibility index (Phi) is 4.70. The topological polar surface area (TPSA) is 56.0 Å². The molecule has 134 valence electrons. The van der Waals surface area contributed by atoms with Gasteiger partial charge in [0.2, 0.25) is 0 Å². The van der Waals surface area contributed by atoms with Gasteiger partial charge in [-0.2, -0.15) is 10.2 Å². The molecule has 0 bridgehead atoms.